The summed E-state index contributed by atoms with van der Waals surface area (Å²) in [5.74, 6) is 0. The molecular formula is C14H21BrO. The molecule has 0 saturated heterocycles. The molecule has 0 heterocycles. The Labute approximate surface area is 107 Å². The third kappa shape index (κ3) is 3.08. The first-order chi connectivity index (χ1) is 7.23. The summed E-state index contributed by atoms with van der Waals surface area (Å²) in [4.78, 5) is 0.0708. The van der Waals surface area contributed by atoms with Gasteiger partial charge in [-0.3, -0.25) is 0 Å². The third-order valence-corrected chi connectivity index (χ3v) is 3.40. The van der Waals surface area contributed by atoms with Gasteiger partial charge < -0.3 is 5.11 Å². The van der Waals surface area contributed by atoms with Crippen molar-refractivity contribution >= 4 is 15.9 Å². The number of aliphatic hydroxyl groups is 1. The predicted molar refractivity (Wildman–Crippen MR) is 73.2 cm³/mol. The van der Waals surface area contributed by atoms with Gasteiger partial charge in [0.05, 0.1) is 6.10 Å². The molecule has 0 fully saturated rings. The number of hydrogen-bond acceptors (Lipinski definition) is 1. The van der Waals surface area contributed by atoms with E-state index in [9.17, 15) is 5.11 Å². The van der Waals surface area contributed by atoms with Gasteiger partial charge in [-0.15, -0.1) is 0 Å². The van der Waals surface area contributed by atoms with Crippen molar-refractivity contribution in [2.75, 3.05) is 0 Å². The molecular weight excluding hydrogens is 264 g/mol. The quantitative estimate of drug-likeness (QED) is 0.811. The molecule has 0 spiro atoms. The van der Waals surface area contributed by atoms with Gasteiger partial charge in [0.1, 0.15) is 0 Å². The van der Waals surface area contributed by atoms with Crippen LogP contribution in [0.1, 0.15) is 50.5 Å². The highest BCUT2D eigenvalue weighted by Crippen LogP contribution is 2.30. The van der Waals surface area contributed by atoms with Crippen molar-refractivity contribution in [3.05, 3.63) is 34.9 Å². The van der Waals surface area contributed by atoms with E-state index >= 15 is 0 Å². The molecule has 1 rings (SSSR count). The molecule has 2 atom stereocenters. The van der Waals surface area contributed by atoms with Gasteiger partial charge in [0.25, 0.3) is 0 Å². The SMILES string of the molecule is Cc1ccc(C(C)(C)C)cc1C(O)C(C)Br. The van der Waals surface area contributed by atoms with Crippen LogP contribution in [0.25, 0.3) is 0 Å². The van der Waals surface area contributed by atoms with Gasteiger partial charge >= 0.3 is 0 Å². The summed E-state index contributed by atoms with van der Waals surface area (Å²) in [5.41, 5.74) is 3.56. The van der Waals surface area contributed by atoms with Crippen molar-refractivity contribution in [2.45, 2.75) is 51.0 Å². The Morgan fingerprint density at radius 1 is 1.25 bits per heavy atom. The van der Waals surface area contributed by atoms with Crippen LogP contribution in [-0.4, -0.2) is 9.93 Å². The van der Waals surface area contributed by atoms with Gasteiger partial charge in [0.2, 0.25) is 0 Å². The lowest BCUT2D eigenvalue weighted by Crippen LogP contribution is -2.15. The smallest absolute Gasteiger partial charge is 0.0914 e. The van der Waals surface area contributed by atoms with E-state index in [1.54, 1.807) is 0 Å². The predicted octanol–water partition coefficient (Wildman–Crippen LogP) is 4.11. The highest BCUT2D eigenvalue weighted by molar-refractivity contribution is 9.09. The van der Waals surface area contributed by atoms with Gasteiger partial charge in [0, 0.05) is 4.83 Å². The monoisotopic (exact) mass is 284 g/mol. The lowest BCUT2D eigenvalue weighted by Gasteiger charge is -2.23. The molecule has 1 N–H and O–H groups in total. The second-order valence-electron chi connectivity index (χ2n) is 5.44. The zero-order valence-corrected chi connectivity index (χ0v) is 12.3. The summed E-state index contributed by atoms with van der Waals surface area (Å²) in [6.45, 7) is 10.6. The Hall–Kier alpha value is -0.340. The van der Waals surface area contributed by atoms with Gasteiger partial charge in [0.15, 0.2) is 0 Å². The van der Waals surface area contributed by atoms with E-state index in [1.165, 1.54) is 5.56 Å². The molecule has 2 unspecified atom stereocenters. The summed E-state index contributed by atoms with van der Waals surface area (Å²) in [6, 6.07) is 6.36. The van der Waals surface area contributed by atoms with Crippen molar-refractivity contribution in [1.82, 2.24) is 0 Å². The van der Waals surface area contributed by atoms with E-state index in [-0.39, 0.29) is 10.2 Å². The van der Waals surface area contributed by atoms with Gasteiger partial charge in [-0.05, 0) is 36.0 Å². The molecule has 0 aliphatic heterocycles. The molecule has 2 heteroatoms. The average Bonchev–Trinajstić information content (AvgIpc) is 2.15. The number of aliphatic hydroxyl groups excluding tert-OH is 1. The van der Waals surface area contributed by atoms with E-state index in [2.05, 4.69) is 54.9 Å². The molecule has 0 aliphatic rings. The molecule has 1 aromatic carbocycles. The number of rotatable bonds is 2. The number of benzene rings is 1. The molecule has 0 aromatic heterocycles. The Kier molecular flexibility index (Phi) is 4.19. The first-order valence-electron chi connectivity index (χ1n) is 5.66. The number of alkyl halides is 1. The van der Waals surface area contributed by atoms with Crippen LogP contribution < -0.4 is 0 Å². The van der Waals surface area contributed by atoms with Crippen molar-refractivity contribution in [1.29, 1.82) is 0 Å². The fraction of sp³-hybridized carbons (Fsp3) is 0.571. The van der Waals surface area contributed by atoms with Crippen LogP contribution in [0.5, 0.6) is 0 Å². The lowest BCUT2D eigenvalue weighted by atomic mass is 9.84. The Morgan fingerprint density at radius 2 is 1.81 bits per heavy atom. The topological polar surface area (TPSA) is 20.2 Å². The highest BCUT2D eigenvalue weighted by Gasteiger charge is 2.19. The van der Waals surface area contributed by atoms with Crippen LogP contribution in [0.2, 0.25) is 0 Å². The van der Waals surface area contributed by atoms with Gasteiger partial charge in [-0.1, -0.05) is 54.9 Å². The minimum atomic E-state index is -0.442. The third-order valence-electron chi connectivity index (χ3n) is 2.90. The van der Waals surface area contributed by atoms with Crippen LogP contribution in [0, 0.1) is 6.92 Å². The molecule has 0 saturated carbocycles. The minimum absolute atomic E-state index is 0.0708. The first-order valence-corrected chi connectivity index (χ1v) is 6.58. The van der Waals surface area contributed by atoms with E-state index < -0.39 is 6.10 Å². The summed E-state index contributed by atoms with van der Waals surface area (Å²) < 4.78 is 0. The molecule has 1 nitrogen and oxygen atoms in total. The highest BCUT2D eigenvalue weighted by atomic mass is 79.9. The molecule has 0 aliphatic carbocycles. The lowest BCUT2D eigenvalue weighted by molar-refractivity contribution is 0.180. The Bertz CT molecular complexity index is 363. The average molecular weight is 285 g/mol. The summed E-state index contributed by atoms with van der Waals surface area (Å²) >= 11 is 3.44. The van der Waals surface area contributed by atoms with Crippen LogP contribution in [0.3, 0.4) is 0 Å². The second-order valence-corrected chi connectivity index (χ2v) is 6.89. The fourth-order valence-corrected chi connectivity index (χ4v) is 1.96. The van der Waals surface area contributed by atoms with E-state index in [1.807, 2.05) is 13.8 Å². The minimum Gasteiger partial charge on any atom is -0.387 e. The molecule has 1 aromatic rings. The Morgan fingerprint density at radius 3 is 2.25 bits per heavy atom. The molecule has 90 valence electrons. The van der Waals surface area contributed by atoms with Crippen molar-refractivity contribution in [3.8, 4) is 0 Å². The summed E-state index contributed by atoms with van der Waals surface area (Å²) in [6.07, 6.45) is -0.442. The van der Waals surface area contributed by atoms with E-state index in [0.717, 1.165) is 11.1 Å². The fourth-order valence-electron chi connectivity index (χ4n) is 1.67. The van der Waals surface area contributed by atoms with Crippen LogP contribution in [-0.2, 0) is 5.41 Å². The zero-order chi connectivity index (χ0) is 12.5. The number of aryl methyl sites for hydroxylation is 1. The summed E-state index contributed by atoms with van der Waals surface area (Å²) in [5, 5.41) is 10.1. The van der Waals surface area contributed by atoms with Crippen LogP contribution in [0.15, 0.2) is 18.2 Å². The largest absolute Gasteiger partial charge is 0.387 e. The maximum absolute atomic E-state index is 10.1. The van der Waals surface area contributed by atoms with E-state index in [0.29, 0.717) is 0 Å². The molecule has 16 heavy (non-hydrogen) atoms. The van der Waals surface area contributed by atoms with Gasteiger partial charge in [-0.2, -0.15) is 0 Å². The van der Waals surface area contributed by atoms with Crippen LogP contribution in [0.4, 0.5) is 0 Å². The standard InChI is InChI=1S/C14H21BrO/c1-9-6-7-11(14(3,4)5)8-12(9)13(16)10(2)15/h6-8,10,13,16H,1-5H3. The van der Waals surface area contributed by atoms with E-state index in [4.69, 9.17) is 0 Å². The number of halogens is 1. The summed E-state index contributed by atoms with van der Waals surface area (Å²) in [7, 11) is 0. The maximum atomic E-state index is 10.1. The molecule has 0 radical (unpaired) electrons. The molecule has 0 amide bonds. The van der Waals surface area contributed by atoms with Crippen LogP contribution >= 0.6 is 15.9 Å². The van der Waals surface area contributed by atoms with Crippen molar-refractivity contribution in [3.63, 3.8) is 0 Å². The van der Waals surface area contributed by atoms with Gasteiger partial charge in [-0.25, -0.2) is 0 Å². The molecule has 0 bridgehead atoms. The Balaban J connectivity index is 3.19. The number of hydrogen-bond donors (Lipinski definition) is 1. The second kappa shape index (κ2) is 4.89. The zero-order valence-electron chi connectivity index (χ0n) is 10.7. The van der Waals surface area contributed by atoms with Crippen molar-refractivity contribution < 1.29 is 5.11 Å². The first kappa shape index (κ1) is 13.7. The van der Waals surface area contributed by atoms with Crippen molar-refractivity contribution in [2.24, 2.45) is 0 Å². The normalized spacial score (nSPS) is 15.9. The maximum Gasteiger partial charge on any atom is 0.0914 e.